The lowest BCUT2D eigenvalue weighted by Crippen LogP contribution is -2.34. The number of amides is 1. The van der Waals surface area contributed by atoms with Crippen molar-refractivity contribution in [2.75, 3.05) is 6.54 Å². The second-order valence-electron chi connectivity index (χ2n) is 5.11. The lowest BCUT2D eigenvalue weighted by molar-refractivity contribution is -0.121. The van der Waals surface area contributed by atoms with Gasteiger partial charge < -0.3 is 5.32 Å². The van der Waals surface area contributed by atoms with Crippen LogP contribution in [-0.4, -0.2) is 21.6 Å². The van der Waals surface area contributed by atoms with Crippen molar-refractivity contribution in [2.24, 2.45) is 13.0 Å². The van der Waals surface area contributed by atoms with Crippen LogP contribution in [0.25, 0.3) is 11.0 Å². The number of fused-ring (bicyclic) bond motifs is 1. The SMILES string of the molecule is CC(C)CNC(=O)Cn1c(=O)n(C)c2ccccc21. The van der Waals surface area contributed by atoms with Gasteiger partial charge in [0.05, 0.1) is 11.0 Å². The minimum absolute atomic E-state index is 0.0624. The zero-order valence-corrected chi connectivity index (χ0v) is 11.5. The molecule has 1 aromatic heterocycles. The third-order valence-corrected chi connectivity index (χ3v) is 3.06. The molecular weight excluding hydrogens is 242 g/mol. The number of para-hydroxylation sites is 2. The summed E-state index contributed by atoms with van der Waals surface area (Å²) >= 11 is 0. The van der Waals surface area contributed by atoms with Gasteiger partial charge in [-0.3, -0.25) is 13.9 Å². The molecule has 0 aliphatic heterocycles. The number of benzene rings is 1. The van der Waals surface area contributed by atoms with E-state index in [0.29, 0.717) is 12.5 Å². The van der Waals surface area contributed by atoms with E-state index in [4.69, 9.17) is 0 Å². The number of imidazole rings is 1. The second kappa shape index (κ2) is 5.30. The lowest BCUT2D eigenvalue weighted by Gasteiger charge is -2.08. The van der Waals surface area contributed by atoms with Crippen LogP contribution in [0.4, 0.5) is 0 Å². The molecule has 1 N–H and O–H groups in total. The van der Waals surface area contributed by atoms with E-state index in [1.165, 1.54) is 4.57 Å². The van der Waals surface area contributed by atoms with Gasteiger partial charge in [0.25, 0.3) is 0 Å². The maximum Gasteiger partial charge on any atom is 0.329 e. The number of carbonyl (C=O) groups excluding carboxylic acids is 1. The van der Waals surface area contributed by atoms with Crippen molar-refractivity contribution in [3.8, 4) is 0 Å². The largest absolute Gasteiger partial charge is 0.354 e. The highest BCUT2D eigenvalue weighted by Crippen LogP contribution is 2.10. The molecular formula is C14H19N3O2. The molecule has 5 nitrogen and oxygen atoms in total. The Morgan fingerprint density at radius 3 is 2.53 bits per heavy atom. The number of aromatic nitrogens is 2. The summed E-state index contributed by atoms with van der Waals surface area (Å²) in [6.07, 6.45) is 0. The van der Waals surface area contributed by atoms with Gasteiger partial charge in [0.1, 0.15) is 6.54 Å². The molecule has 0 aliphatic rings. The minimum atomic E-state index is -0.166. The summed E-state index contributed by atoms with van der Waals surface area (Å²) in [5.41, 5.74) is 1.46. The molecule has 5 heteroatoms. The molecule has 1 amide bonds. The summed E-state index contributed by atoms with van der Waals surface area (Å²) in [6.45, 7) is 4.75. The van der Waals surface area contributed by atoms with Crippen LogP contribution >= 0.6 is 0 Å². The van der Waals surface area contributed by atoms with Gasteiger partial charge in [-0.1, -0.05) is 26.0 Å². The molecule has 102 valence electrons. The summed E-state index contributed by atoms with van der Waals surface area (Å²) in [7, 11) is 1.72. The maximum atomic E-state index is 12.1. The molecule has 0 spiro atoms. The normalized spacial score (nSPS) is 11.2. The van der Waals surface area contributed by atoms with Gasteiger partial charge in [-0.25, -0.2) is 4.79 Å². The zero-order chi connectivity index (χ0) is 14.0. The molecule has 0 unspecified atom stereocenters. The van der Waals surface area contributed by atoms with E-state index in [1.807, 2.05) is 38.1 Å². The Morgan fingerprint density at radius 2 is 1.89 bits per heavy atom. The van der Waals surface area contributed by atoms with Gasteiger partial charge in [0, 0.05) is 13.6 Å². The van der Waals surface area contributed by atoms with E-state index in [-0.39, 0.29) is 18.1 Å². The van der Waals surface area contributed by atoms with Crippen molar-refractivity contribution >= 4 is 16.9 Å². The molecule has 0 saturated heterocycles. The van der Waals surface area contributed by atoms with E-state index in [1.54, 1.807) is 11.6 Å². The standard InChI is InChI=1S/C14H19N3O2/c1-10(2)8-15-13(18)9-17-12-7-5-4-6-11(12)16(3)14(17)19/h4-7,10H,8-9H2,1-3H3,(H,15,18). The molecule has 0 radical (unpaired) electrons. The molecule has 2 aromatic rings. The molecule has 2 rings (SSSR count). The average Bonchev–Trinajstić information content (AvgIpc) is 2.62. The molecule has 0 aliphatic carbocycles. The monoisotopic (exact) mass is 261 g/mol. The predicted octanol–water partition coefficient (Wildman–Crippen LogP) is 1.11. The highest BCUT2D eigenvalue weighted by molar-refractivity contribution is 5.80. The zero-order valence-electron chi connectivity index (χ0n) is 11.5. The number of aryl methyl sites for hydroxylation is 1. The van der Waals surface area contributed by atoms with Crippen LogP contribution in [0.1, 0.15) is 13.8 Å². The summed E-state index contributed by atoms with van der Waals surface area (Å²) < 4.78 is 3.07. The van der Waals surface area contributed by atoms with Crippen LogP contribution in [0.3, 0.4) is 0 Å². The first-order valence-corrected chi connectivity index (χ1v) is 6.41. The smallest absolute Gasteiger partial charge is 0.329 e. The fourth-order valence-corrected chi connectivity index (χ4v) is 2.03. The molecule has 0 fully saturated rings. The first-order chi connectivity index (χ1) is 9.00. The van der Waals surface area contributed by atoms with Crippen molar-refractivity contribution in [3.63, 3.8) is 0 Å². The van der Waals surface area contributed by atoms with Crippen LogP contribution in [0.5, 0.6) is 0 Å². The number of carbonyl (C=O) groups is 1. The third kappa shape index (κ3) is 2.70. The van der Waals surface area contributed by atoms with Gasteiger partial charge in [-0.15, -0.1) is 0 Å². The Labute approximate surface area is 111 Å². The van der Waals surface area contributed by atoms with E-state index < -0.39 is 0 Å². The van der Waals surface area contributed by atoms with Crippen LogP contribution < -0.4 is 11.0 Å². The Balaban J connectivity index is 2.28. The Hall–Kier alpha value is -2.04. The van der Waals surface area contributed by atoms with E-state index in [2.05, 4.69) is 5.32 Å². The van der Waals surface area contributed by atoms with E-state index in [0.717, 1.165) is 11.0 Å². The van der Waals surface area contributed by atoms with Gasteiger partial charge in [-0.2, -0.15) is 0 Å². The number of hydrogen-bond acceptors (Lipinski definition) is 2. The predicted molar refractivity (Wildman–Crippen MR) is 75.0 cm³/mol. The Morgan fingerprint density at radius 1 is 1.26 bits per heavy atom. The summed E-state index contributed by atoms with van der Waals surface area (Å²) in [6, 6.07) is 7.47. The van der Waals surface area contributed by atoms with Crippen molar-refractivity contribution in [1.82, 2.24) is 14.5 Å². The molecule has 0 atom stereocenters. The molecule has 0 saturated carbocycles. The summed E-state index contributed by atoms with van der Waals surface area (Å²) in [5.74, 6) is 0.264. The number of rotatable bonds is 4. The molecule has 1 aromatic carbocycles. The first-order valence-electron chi connectivity index (χ1n) is 6.41. The van der Waals surface area contributed by atoms with E-state index in [9.17, 15) is 9.59 Å². The van der Waals surface area contributed by atoms with Crippen molar-refractivity contribution in [2.45, 2.75) is 20.4 Å². The first kappa shape index (κ1) is 13.4. The van der Waals surface area contributed by atoms with Crippen molar-refractivity contribution < 1.29 is 4.79 Å². The van der Waals surface area contributed by atoms with E-state index >= 15 is 0 Å². The molecule has 1 heterocycles. The number of hydrogen-bond donors (Lipinski definition) is 1. The number of nitrogens with zero attached hydrogens (tertiary/aromatic N) is 2. The highest BCUT2D eigenvalue weighted by Gasteiger charge is 2.12. The highest BCUT2D eigenvalue weighted by atomic mass is 16.2. The summed E-state index contributed by atoms with van der Waals surface area (Å²) in [5, 5.41) is 2.82. The van der Waals surface area contributed by atoms with Crippen LogP contribution in [0.15, 0.2) is 29.1 Å². The maximum absolute atomic E-state index is 12.1. The fourth-order valence-electron chi connectivity index (χ4n) is 2.03. The van der Waals surface area contributed by atoms with Crippen molar-refractivity contribution in [3.05, 3.63) is 34.7 Å². The van der Waals surface area contributed by atoms with Crippen LogP contribution in [0, 0.1) is 5.92 Å². The van der Waals surface area contributed by atoms with Gasteiger partial charge in [-0.05, 0) is 18.1 Å². The Kier molecular flexibility index (Phi) is 3.74. The van der Waals surface area contributed by atoms with Gasteiger partial charge >= 0.3 is 5.69 Å². The number of nitrogens with one attached hydrogen (secondary N) is 1. The van der Waals surface area contributed by atoms with Crippen LogP contribution in [-0.2, 0) is 18.4 Å². The molecule has 0 bridgehead atoms. The lowest BCUT2D eigenvalue weighted by atomic mass is 10.2. The second-order valence-corrected chi connectivity index (χ2v) is 5.11. The van der Waals surface area contributed by atoms with Crippen LogP contribution in [0.2, 0.25) is 0 Å². The average molecular weight is 261 g/mol. The topological polar surface area (TPSA) is 56.0 Å². The van der Waals surface area contributed by atoms with Crippen molar-refractivity contribution in [1.29, 1.82) is 0 Å². The van der Waals surface area contributed by atoms with Gasteiger partial charge in [0.2, 0.25) is 5.91 Å². The van der Waals surface area contributed by atoms with Gasteiger partial charge in [0.15, 0.2) is 0 Å². The fraction of sp³-hybridized carbons (Fsp3) is 0.429. The minimum Gasteiger partial charge on any atom is -0.354 e. The third-order valence-electron chi connectivity index (χ3n) is 3.06. The molecule has 19 heavy (non-hydrogen) atoms. The summed E-state index contributed by atoms with van der Waals surface area (Å²) in [4.78, 5) is 23.9. The quantitative estimate of drug-likeness (QED) is 0.896. The Bertz CT molecular complexity index is 652.